The van der Waals surface area contributed by atoms with Crippen LogP contribution in [0.5, 0.6) is 0 Å². The summed E-state index contributed by atoms with van der Waals surface area (Å²) >= 11 is 1.32. The third kappa shape index (κ3) is 2.79. The van der Waals surface area contributed by atoms with Crippen molar-refractivity contribution in [1.29, 1.82) is 0 Å². The average Bonchev–Trinajstić information content (AvgIpc) is 3.10. The van der Waals surface area contributed by atoms with Crippen molar-refractivity contribution in [2.75, 3.05) is 11.9 Å². The first-order valence-corrected chi connectivity index (χ1v) is 9.68. The minimum absolute atomic E-state index is 0.199. The van der Waals surface area contributed by atoms with Crippen LogP contribution in [-0.4, -0.2) is 35.4 Å². The smallest absolute Gasteiger partial charge is 0.293 e. The van der Waals surface area contributed by atoms with E-state index < -0.39 is 10.0 Å². The zero-order valence-corrected chi connectivity index (χ0v) is 13.8. The van der Waals surface area contributed by atoms with Gasteiger partial charge in [0.15, 0.2) is 10.9 Å². The Kier molecular flexibility index (Phi) is 3.51. The summed E-state index contributed by atoms with van der Waals surface area (Å²) in [7, 11) is -3.17. The lowest BCUT2D eigenvalue weighted by Crippen LogP contribution is -2.37. The maximum absolute atomic E-state index is 12.3. The van der Waals surface area contributed by atoms with Gasteiger partial charge >= 0.3 is 0 Å². The van der Waals surface area contributed by atoms with Gasteiger partial charge in [-0.15, -0.1) is 11.3 Å². The highest BCUT2D eigenvalue weighted by Gasteiger charge is 2.41. The number of nitrogens with one attached hydrogen (secondary N) is 1. The molecule has 0 radical (unpaired) electrons. The molecular formula is C14H15N3O4S2. The van der Waals surface area contributed by atoms with E-state index in [1.54, 1.807) is 16.4 Å². The SMILES string of the molecule is O=C(Nc1nc2c(s1)CN(S(=O)(=O)C1CC1)CC2)c1ccco1. The number of sulfonamides is 1. The van der Waals surface area contributed by atoms with Crippen LogP contribution in [0.25, 0.3) is 0 Å². The minimum Gasteiger partial charge on any atom is -0.459 e. The molecule has 0 atom stereocenters. The Labute approximate surface area is 137 Å². The van der Waals surface area contributed by atoms with Gasteiger partial charge in [-0.2, -0.15) is 4.31 Å². The van der Waals surface area contributed by atoms with Crippen LogP contribution in [0, 0.1) is 0 Å². The number of carbonyl (C=O) groups excluding carboxylic acids is 1. The van der Waals surface area contributed by atoms with Crippen molar-refractivity contribution in [3.63, 3.8) is 0 Å². The number of furan rings is 1. The highest BCUT2D eigenvalue weighted by molar-refractivity contribution is 7.90. The van der Waals surface area contributed by atoms with E-state index in [1.807, 2.05) is 0 Å². The van der Waals surface area contributed by atoms with E-state index in [0.29, 0.717) is 24.6 Å². The molecule has 0 saturated heterocycles. The molecule has 4 rings (SSSR count). The first kappa shape index (κ1) is 14.9. The Morgan fingerprint density at radius 2 is 2.26 bits per heavy atom. The molecule has 1 amide bonds. The number of aromatic nitrogens is 1. The lowest BCUT2D eigenvalue weighted by Gasteiger charge is -2.25. The zero-order valence-electron chi connectivity index (χ0n) is 12.2. The number of fused-ring (bicyclic) bond motifs is 1. The fourth-order valence-electron chi connectivity index (χ4n) is 2.59. The van der Waals surface area contributed by atoms with Crippen molar-refractivity contribution in [1.82, 2.24) is 9.29 Å². The molecule has 0 spiro atoms. The first-order chi connectivity index (χ1) is 11.0. The van der Waals surface area contributed by atoms with Crippen LogP contribution in [0.1, 0.15) is 34.0 Å². The largest absolute Gasteiger partial charge is 0.459 e. The molecule has 2 aromatic rings. The van der Waals surface area contributed by atoms with Crippen LogP contribution in [0.3, 0.4) is 0 Å². The molecule has 1 saturated carbocycles. The minimum atomic E-state index is -3.17. The topological polar surface area (TPSA) is 92.5 Å². The van der Waals surface area contributed by atoms with Crippen LogP contribution in [0.2, 0.25) is 0 Å². The van der Waals surface area contributed by atoms with Gasteiger partial charge in [-0.25, -0.2) is 13.4 Å². The van der Waals surface area contributed by atoms with Crippen LogP contribution in [-0.2, 0) is 23.0 Å². The Bertz CT molecular complexity index is 838. The third-order valence-electron chi connectivity index (χ3n) is 3.97. The molecule has 23 heavy (non-hydrogen) atoms. The van der Waals surface area contributed by atoms with Gasteiger partial charge in [0.1, 0.15) is 0 Å². The Morgan fingerprint density at radius 3 is 2.96 bits per heavy atom. The van der Waals surface area contributed by atoms with Crippen LogP contribution in [0.4, 0.5) is 5.13 Å². The van der Waals surface area contributed by atoms with Crippen molar-refractivity contribution in [2.24, 2.45) is 0 Å². The fourth-order valence-corrected chi connectivity index (χ4v) is 5.49. The lowest BCUT2D eigenvalue weighted by atomic mass is 10.2. The number of carbonyl (C=O) groups is 1. The fraction of sp³-hybridized carbons (Fsp3) is 0.429. The summed E-state index contributed by atoms with van der Waals surface area (Å²) in [4.78, 5) is 17.3. The predicted octanol–water partition coefficient (Wildman–Crippen LogP) is 1.84. The maximum Gasteiger partial charge on any atom is 0.293 e. The molecule has 1 aliphatic heterocycles. The Balaban J connectivity index is 1.50. The van der Waals surface area contributed by atoms with Crippen molar-refractivity contribution in [3.8, 4) is 0 Å². The van der Waals surface area contributed by atoms with E-state index in [-0.39, 0.29) is 16.9 Å². The number of nitrogens with zero attached hydrogens (tertiary/aromatic N) is 2. The molecule has 2 aromatic heterocycles. The number of hydrogen-bond donors (Lipinski definition) is 1. The molecule has 9 heteroatoms. The van der Waals surface area contributed by atoms with Gasteiger partial charge in [0.25, 0.3) is 5.91 Å². The van der Waals surface area contributed by atoms with Gasteiger partial charge < -0.3 is 4.42 Å². The van der Waals surface area contributed by atoms with Crippen LogP contribution >= 0.6 is 11.3 Å². The van der Waals surface area contributed by atoms with Crippen molar-refractivity contribution >= 4 is 32.4 Å². The molecule has 1 aliphatic carbocycles. The molecule has 1 fully saturated rings. The lowest BCUT2D eigenvalue weighted by molar-refractivity contribution is 0.0996. The van der Waals surface area contributed by atoms with Gasteiger partial charge in [-0.1, -0.05) is 0 Å². The second kappa shape index (κ2) is 5.43. The number of anilines is 1. The Hall–Kier alpha value is -1.71. The standard InChI is InChI=1S/C14H15N3O4S2/c18-13(11-2-1-7-21-11)16-14-15-10-5-6-17(8-12(10)22-14)23(19,20)9-3-4-9/h1-2,7,9H,3-6,8H2,(H,15,16,18). The van der Waals surface area contributed by atoms with Gasteiger partial charge in [0.05, 0.1) is 17.2 Å². The first-order valence-electron chi connectivity index (χ1n) is 7.36. The normalized spacial score (nSPS) is 18.6. The quantitative estimate of drug-likeness (QED) is 0.905. The molecule has 1 N–H and O–H groups in total. The predicted molar refractivity (Wildman–Crippen MR) is 84.8 cm³/mol. The molecule has 122 valence electrons. The monoisotopic (exact) mass is 353 g/mol. The summed E-state index contributed by atoms with van der Waals surface area (Å²) in [6.45, 7) is 0.809. The highest BCUT2D eigenvalue weighted by atomic mass is 32.2. The van der Waals surface area contributed by atoms with Crippen LogP contribution < -0.4 is 5.32 Å². The third-order valence-corrected chi connectivity index (χ3v) is 7.31. The van der Waals surface area contributed by atoms with Gasteiger partial charge in [0, 0.05) is 24.4 Å². The van der Waals surface area contributed by atoms with E-state index in [1.165, 1.54) is 17.6 Å². The molecule has 0 unspecified atom stereocenters. The van der Waals surface area contributed by atoms with Crippen molar-refractivity contribution < 1.29 is 17.6 Å². The molecular weight excluding hydrogens is 338 g/mol. The number of hydrogen-bond acceptors (Lipinski definition) is 6. The summed E-state index contributed by atoms with van der Waals surface area (Å²) in [5.41, 5.74) is 0.868. The molecule has 0 aromatic carbocycles. The van der Waals surface area contributed by atoms with E-state index in [0.717, 1.165) is 23.4 Å². The number of rotatable bonds is 4. The zero-order chi connectivity index (χ0) is 16.0. The van der Waals surface area contributed by atoms with E-state index in [9.17, 15) is 13.2 Å². The summed E-state index contributed by atoms with van der Waals surface area (Å²) in [6.07, 6.45) is 3.54. The van der Waals surface area contributed by atoms with Gasteiger partial charge in [-0.3, -0.25) is 10.1 Å². The van der Waals surface area contributed by atoms with Gasteiger partial charge in [0.2, 0.25) is 10.0 Å². The van der Waals surface area contributed by atoms with E-state index in [2.05, 4.69) is 10.3 Å². The number of amides is 1. The average molecular weight is 353 g/mol. The van der Waals surface area contributed by atoms with E-state index >= 15 is 0 Å². The molecule has 0 bridgehead atoms. The Morgan fingerprint density at radius 1 is 1.43 bits per heavy atom. The van der Waals surface area contributed by atoms with Crippen LogP contribution in [0.15, 0.2) is 22.8 Å². The maximum atomic E-state index is 12.3. The summed E-state index contributed by atoms with van der Waals surface area (Å²) in [5.74, 6) is -0.139. The van der Waals surface area contributed by atoms with Crippen molar-refractivity contribution in [2.45, 2.75) is 31.1 Å². The summed E-state index contributed by atoms with van der Waals surface area (Å²) < 4.78 is 31.2. The van der Waals surface area contributed by atoms with E-state index in [4.69, 9.17) is 4.42 Å². The molecule has 7 nitrogen and oxygen atoms in total. The second-order valence-electron chi connectivity index (χ2n) is 5.65. The molecule has 3 heterocycles. The second-order valence-corrected chi connectivity index (χ2v) is 8.94. The summed E-state index contributed by atoms with van der Waals surface area (Å²) in [5, 5.41) is 2.97. The number of thiazole rings is 1. The molecule has 2 aliphatic rings. The van der Waals surface area contributed by atoms with Crippen molar-refractivity contribution in [3.05, 3.63) is 34.7 Å². The highest BCUT2D eigenvalue weighted by Crippen LogP contribution is 2.35. The van der Waals surface area contributed by atoms with Gasteiger partial charge in [-0.05, 0) is 25.0 Å². The summed E-state index contributed by atoms with van der Waals surface area (Å²) in [6, 6.07) is 3.22.